The number of hydrogen-bond donors (Lipinski definition) is 3. The second kappa shape index (κ2) is 5.51. The molecule has 0 fully saturated rings. The highest BCUT2D eigenvalue weighted by Gasteiger charge is 2.34. The SMILES string of the molecule is O=C(O)C1Cc2c([nH]c3ccccc23)C(c2ccccc2Br)N1. The largest absolute Gasteiger partial charge is 0.480 e. The van der Waals surface area contributed by atoms with Crippen LogP contribution in [0.15, 0.2) is 53.0 Å². The average molecular weight is 371 g/mol. The molecule has 2 atom stereocenters. The number of carbonyl (C=O) groups is 1. The Morgan fingerprint density at radius 1 is 1.13 bits per heavy atom. The fourth-order valence-corrected chi connectivity index (χ4v) is 3.86. The molecule has 1 aliphatic heterocycles. The molecule has 5 heteroatoms. The maximum Gasteiger partial charge on any atom is 0.321 e. The Morgan fingerprint density at radius 2 is 1.87 bits per heavy atom. The van der Waals surface area contributed by atoms with Crippen molar-refractivity contribution >= 4 is 32.8 Å². The summed E-state index contributed by atoms with van der Waals surface area (Å²) in [5, 5.41) is 13.9. The zero-order valence-corrected chi connectivity index (χ0v) is 13.8. The molecule has 4 nitrogen and oxygen atoms in total. The lowest BCUT2D eigenvalue weighted by atomic mass is 9.90. The number of rotatable bonds is 2. The van der Waals surface area contributed by atoms with E-state index in [-0.39, 0.29) is 6.04 Å². The van der Waals surface area contributed by atoms with E-state index in [1.165, 1.54) is 0 Å². The summed E-state index contributed by atoms with van der Waals surface area (Å²) < 4.78 is 0.966. The number of nitrogens with one attached hydrogen (secondary N) is 2. The summed E-state index contributed by atoms with van der Waals surface area (Å²) in [5.74, 6) is -0.821. The molecule has 3 aromatic rings. The third kappa shape index (κ3) is 2.36. The van der Waals surface area contributed by atoms with Crippen LogP contribution < -0.4 is 5.32 Å². The van der Waals surface area contributed by atoms with Crippen molar-refractivity contribution in [3.63, 3.8) is 0 Å². The molecular weight excluding hydrogens is 356 g/mol. The number of aliphatic carboxylic acids is 1. The van der Waals surface area contributed by atoms with Gasteiger partial charge in [0.15, 0.2) is 0 Å². The molecule has 0 saturated heterocycles. The van der Waals surface area contributed by atoms with Gasteiger partial charge in [-0.15, -0.1) is 0 Å². The van der Waals surface area contributed by atoms with Crippen molar-refractivity contribution in [3.8, 4) is 0 Å². The molecule has 0 radical (unpaired) electrons. The average Bonchev–Trinajstić information content (AvgIpc) is 2.93. The summed E-state index contributed by atoms with van der Waals surface area (Å²) in [5.41, 5.74) is 4.22. The summed E-state index contributed by atoms with van der Waals surface area (Å²) in [6, 6.07) is 15.2. The van der Waals surface area contributed by atoms with Crippen LogP contribution in [0.4, 0.5) is 0 Å². The summed E-state index contributed by atoms with van der Waals surface area (Å²) >= 11 is 3.58. The maximum atomic E-state index is 11.6. The van der Waals surface area contributed by atoms with Crippen LogP contribution >= 0.6 is 15.9 Å². The molecule has 23 heavy (non-hydrogen) atoms. The van der Waals surface area contributed by atoms with E-state index in [2.05, 4.69) is 26.2 Å². The molecule has 0 bridgehead atoms. The molecule has 4 rings (SSSR count). The highest BCUT2D eigenvalue weighted by Crippen LogP contribution is 2.37. The number of aromatic amines is 1. The topological polar surface area (TPSA) is 65.1 Å². The van der Waals surface area contributed by atoms with Crippen LogP contribution in [0.25, 0.3) is 10.9 Å². The van der Waals surface area contributed by atoms with Crippen LogP contribution in [-0.4, -0.2) is 22.1 Å². The third-order valence-electron chi connectivity index (χ3n) is 4.43. The van der Waals surface area contributed by atoms with Gasteiger partial charge in [0.1, 0.15) is 6.04 Å². The number of carboxylic acids is 1. The van der Waals surface area contributed by atoms with E-state index in [0.717, 1.165) is 32.2 Å². The Labute approximate surface area is 141 Å². The quantitative estimate of drug-likeness (QED) is 0.645. The van der Waals surface area contributed by atoms with Crippen molar-refractivity contribution < 1.29 is 9.90 Å². The van der Waals surface area contributed by atoms with E-state index in [1.54, 1.807) is 0 Å². The molecule has 1 aliphatic rings. The lowest BCUT2D eigenvalue weighted by Crippen LogP contribution is -2.45. The van der Waals surface area contributed by atoms with Gasteiger partial charge in [-0.1, -0.05) is 52.3 Å². The van der Waals surface area contributed by atoms with Gasteiger partial charge >= 0.3 is 5.97 Å². The smallest absolute Gasteiger partial charge is 0.321 e. The molecule has 0 saturated carbocycles. The second-order valence-electron chi connectivity index (χ2n) is 5.78. The van der Waals surface area contributed by atoms with Gasteiger partial charge in [-0.2, -0.15) is 0 Å². The lowest BCUT2D eigenvalue weighted by molar-refractivity contribution is -0.139. The Kier molecular flexibility index (Phi) is 3.47. The van der Waals surface area contributed by atoms with Crippen LogP contribution in [0, 0.1) is 0 Å². The molecule has 0 aliphatic carbocycles. The highest BCUT2D eigenvalue weighted by molar-refractivity contribution is 9.10. The molecule has 116 valence electrons. The lowest BCUT2D eigenvalue weighted by Gasteiger charge is -2.30. The van der Waals surface area contributed by atoms with E-state index >= 15 is 0 Å². The van der Waals surface area contributed by atoms with Crippen molar-refractivity contribution in [2.45, 2.75) is 18.5 Å². The number of hydrogen-bond acceptors (Lipinski definition) is 2. The van der Waals surface area contributed by atoms with Gasteiger partial charge in [0.25, 0.3) is 0 Å². The molecule has 3 N–H and O–H groups in total. The van der Waals surface area contributed by atoms with Crippen LogP contribution in [0.5, 0.6) is 0 Å². The molecule has 2 heterocycles. The predicted molar refractivity (Wildman–Crippen MR) is 92.5 cm³/mol. The summed E-state index contributed by atoms with van der Waals surface area (Å²) in [4.78, 5) is 15.1. The minimum Gasteiger partial charge on any atom is -0.480 e. The van der Waals surface area contributed by atoms with Gasteiger partial charge in [0.2, 0.25) is 0 Å². The van der Waals surface area contributed by atoms with Crippen LogP contribution in [0.3, 0.4) is 0 Å². The normalized spacial score (nSPS) is 20.4. The molecule has 2 unspecified atom stereocenters. The van der Waals surface area contributed by atoms with E-state index < -0.39 is 12.0 Å². The van der Waals surface area contributed by atoms with Crippen LogP contribution in [-0.2, 0) is 11.2 Å². The number of carboxylic acid groups (broad SMARTS) is 1. The first kappa shape index (κ1) is 14.5. The molecule has 2 aromatic carbocycles. The Hall–Kier alpha value is -2.11. The Morgan fingerprint density at radius 3 is 2.65 bits per heavy atom. The molecule has 1 aromatic heterocycles. The summed E-state index contributed by atoms with van der Waals surface area (Å²) in [6.45, 7) is 0. The Balaban J connectivity index is 1.93. The van der Waals surface area contributed by atoms with Crippen molar-refractivity contribution in [3.05, 3.63) is 69.8 Å². The Bertz CT molecular complexity index is 903. The number of H-pyrrole nitrogens is 1. The van der Waals surface area contributed by atoms with Gasteiger partial charge in [-0.25, -0.2) is 0 Å². The molecular formula is C18H15BrN2O2. The maximum absolute atomic E-state index is 11.6. The number of aromatic nitrogens is 1. The van der Waals surface area contributed by atoms with Gasteiger partial charge in [0, 0.05) is 27.5 Å². The van der Waals surface area contributed by atoms with E-state index in [4.69, 9.17) is 0 Å². The first-order valence-corrected chi connectivity index (χ1v) is 8.27. The van der Waals surface area contributed by atoms with Crippen molar-refractivity contribution in [2.75, 3.05) is 0 Å². The number of para-hydroxylation sites is 1. The van der Waals surface area contributed by atoms with E-state index in [9.17, 15) is 9.90 Å². The van der Waals surface area contributed by atoms with Gasteiger partial charge in [0.05, 0.1) is 6.04 Å². The fraction of sp³-hybridized carbons (Fsp3) is 0.167. The van der Waals surface area contributed by atoms with Crippen molar-refractivity contribution in [1.29, 1.82) is 0 Å². The zero-order chi connectivity index (χ0) is 16.0. The summed E-state index contributed by atoms with van der Waals surface area (Å²) in [7, 11) is 0. The summed E-state index contributed by atoms with van der Waals surface area (Å²) in [6.07, 6.45) is 0.482. The van der Waals surface area contributed by atoms with E-state index in [1.807, 2.05) is 48.5 Å². The van der Waals surface area contributed by atoms with Crippen LogP contribution in [0.2, 0.25) is 0 Å². The highest BCUT2D eigenvalue weighted by atomic mass is 79.9. The minimum absolute atomic E-state index is 0.178. The van der Waals surface area contributed by atoms with E-state index in [0.29, 0.717) is 6.42 Å². The molecule has 0 spiro atoms. The van der Waals surface area contributed by atoms with Gasteiger partial charge in [-0.05, 0) is 23.3 Å². The van der Waals surface area contributed by atoms with Crippen molar-refractivity contribution in [1.82, 2.24) is 10.3 Å². The minimum atomic E-state index is -0.821. The number of fused-ring (bicyclic) bond motifs is 3. The first-order valence-electron chi connectivity index (χ1n) is 7.48. The first-order chi connectivity index (χ1) is 11.1. The van der Waals surface area contributed by atoms with Gasteiger partial charge < -0.3 is 10.1 Å². The van der Waals surface area contributed by atoms with Crippen molar-refractivity contribution in [2.24, 2.45) is 0 Å². The predicted octanol–water partition coefficient (Wildman–Crippen LogP) is 3.62. The van der Waals surface area contributed by atoms with Crippen LogP contribution in [0.1, 0.15) is 22.9 Å². The number of halogens is 1. The fourth-order valence-electron chi connectivity index (χ4n) is 3.35. The zero-order valence-electron chi connectivity index (χ0n) is 12.2. The second-order valence-corrected chi connectivity index (χ2v) is 6.63. The van der Waals surface area contributed by atoms with Gasteiger partial charge in [-0.3, -0.25) is 10.1 Å². The third-order valence-corrected chi connectivity index (χ3v) is 5.15. The monoisotopic (exact) mass is 370 g/mol. The number of benzene rings is 2. The standard InChI is InChI=1S/C18H15BrN2O2/c19-13-7-3-1-6-11(13)16-17-12(9-15(21-16)18(22)23)10-5-2-4-8-14(10)20-17/h1-8,15-16,20-21H,9H2,(H,22,23). The molecule has 0 amide bonds.